The third-order valence-corrected chi connectivity index (χ3v) is 6.28. The van der Waals surface area contributed by atoms with E-state index in [0.29, 0.717) is 5.92 Å². The largest absolute Gasteiger partial charge is 0.490 e. The van der Waals surface area contributed by atoms with Crippen LogP contribution in [0.2, 0.25) is 0 Å². The van der Waals surface area contributed by atoms with Gasteiger partial charge in [-0.2, -0.15) is 0 Å². The molecule has 2 fully saturated rings. The number of fused-ring (bicyclic) bond motifs is 2. The molecule has 5 rings (SSSR count). The fourth-order valence-corrected chi connectivity index (χ4v) is 4.91. The summed E-state index contributed by atoms with van der Waals surface area (Å²) in [5, 5.41) is 3.58. The van der Waals surface area contributed by atoms with Crippen LogP contribution >= 0.6 is 0 Å². The van der Waals surface area contributed by atoms with E-state index in [9.17, 15) is 0 Å². The molecule has 3 aliphatic heterocycles. The van der Waals surface area contributed by atoms with Gasteiger partial charge in [-0.25, -0.2) is 0 Å². The first kappa shape index (κ1) is 16.0. The summed E-state index contributed by atoms with van der Waals surface area (Å²) in [5.74, 6) is 2.60. The number of hydrogen-bond acceptors (Lipinski definition) is 4. The molecule has 1 saturated heterocycles. The molecule has 0 aromatic heterocycles. The van der Waals surface area contributed by atoms with Gasteiger partial charge < -0.3 is 19.7 Å². The second-order valence-electron chi connectivity index (χ2n) is 8.18. The van der Waals surface area contributed by atoms with Crippen molar-refractivity contribution in [3.63, 3.8) is 0 Å². The van der Waals surface area contributed by atoms with Gasteiger partial charge in [0.15, 0.2) is 0 Å². The highest BCUT2D eigenvalue weighted by molar-refractivity contribution is 5.71. The molecular formula is C21H30N2O2. The summed E-state index contributed by atoms with van der Waals surface area (Å²) in [6.07, 6.45) is 7.55. The van der Waals surface area contributed by atoms with Crippen molar-refractivity contribution in [3.8, 4) is 5.75 Å². The van der Waals surface area contributed by atoms with E-state index in [1.54, 1.807) is 11.1 Å². The van der Waals surface area contributed by atoms with E-state index in [-0.39, 0.29) is 0 Å². The van der Waals surface area contributed by atoms with Crippen LogP contribution < -0.4 is 15.0 Å². The third-order valence-electron chi connectivity index (χ3n) is 6.28. The summed E-state index contributed by atoms with van der Waals surface area (Å²) in [5.41, 5.74) is 6.27. The minimum atomic E-state index is 0.673. The second-order valence-corrected chi connectivity index (χ2v) is 8.18. The topological polar surface area (TPSA) is 33.7 Å². The molecule has 0 amide bonds. The first-order chi connectivity index (χ1) is 12.4. The van der Waals surface area contributed by atoms with Crippen molar-refractivity contribution in [2.45, 2.75) is 44.4 Å². The highest BCUT2D eigenvalue weighted by Crippen LogP contribution is 2.51. The van der Waals surface area contributed by atoms with Gasteiger partial charge in [0.1, 0.15) is 12.4 Å². The lowest BCUT2D eigenvalue weighted by molar-refractivity contribution is 0.0567. The minimum absolute atomic E-state index is 0.673. The second kappa shape index (κ2) is 6.81. The molecule has 0 radical (unpaired) electrons. The lowest BCUT2D eigenvalue weighted by Crippen LogP contribution is -2.39. The van der Waals surface area contributed by atoms with Crippen LogP contribution in [0.3, 0.4) is 0 Å². The van der Waals surface area contributed by atoms with Crippen molar-refractivity contribution in [1.29, 1.82) is 0 Å². The molecule has 1 aromatic rings. The number of benzene rings is 1. The molecule has 1 atom stereocenters. The third kappa shape index (κ3) is 3.15. The summed E-state index contributed by atoms with van der Waals surface area (Å²) >= 11 is 0. The lowest BCUT2D eigenvalue weighted by Gasteiger charge is -2.38. The quantitative estimate of drug-likeness (QED) is 0.916. The maximum Gasteiger partial charge on any atom is 0.143 e. The van der Waals surface area contributed by atoms with Gasteiger partial charge in [0.25, 0.3) is 0 Å². The normalized spacial score (nSPS) is 26.4. The minimum Gasteiger partial charge on any atom is -0.490 e. The van der Waals surface area contributed by atoms with E-state index in [0.717, 1.165) is 64.1 Å². The van der Waals surface area contributed by atoms with Crippen molar-refractivity contribution in [2.24, 2.45) is 5.92 Å². The van der Waals surface area contributed by atoms with Crippen molar-refractivity contribution in [1.82, 2.24) is 5.32 Å². The van der Waals surface area contributed by atoms with Crippen LogP contribution in [-0.4, -0.2) is 46.0 Å². The van der Waals surface area contributed by atoms with Crippen molar-refractivity contribution < 1.29 is 9.47 Å². The first-order valence-corrected chi connectivity index (χ1v) is 10.2. The number of nitrogens with one attached hydrogen (secondary N) is 1. The predicted molar refractivity (Wildman–Crippen MR) is 99.9 cm³/mol. The molecule has 1 aromatic carbocycles. The summed E-state index contributed by atoms with van der Waals surface area (Å²) in [6, 6.07) is 2.37. The van der Waals surface area contributed by atoms with Gasteiger partial charge in [-0.15, -0.1) is 0 Å². The maximum atomic E-state index is 6.18. The fourth-order valence-electron chi connectivity index (χ4n) is 4.91. The first-order valence-electron chi connectivity index (χ1n) is 10.2. The highest BCUT2D eigenvalue weighted by atomic mass is 16.5. The molecular weight excluding hydrogens is 312 g/mol. The number of nitrogens with zero attached hydrogens (tertiary/aromatic N) is 1. The van der Waals surface area contributed by atoms with Gasteiger partial charge in [0.05, 0.1) is 18.8 Å². The molecule has 1 aliphatic carbocycles. The molecule has 136 valence electrons. The number of rotatable bonds is 3. The monoisotopic (exact) mass is 342 g/mol. The number of anilines is 1. The van der Waals surface area contributed by atoms with Gasteiger partial charge in [-0.1, -0.05) is 0 Å². The van der Waals surface area contributed by atoms with Crippen LogP contribution in [0.25, 0.3) is 0 Å². The van der Waals surface area contributed by atoms with Gasteiger partial charge in [0.2, 0.25) is 0 Å². The Bertz CT molecular complexity index is 635. The Morgan fingerprint density at radius 1 is 1.12 bits per heavy atom. The van der Waals surface area contributed by atoms with Crippen LogP contribution in [0, 0.1) is 5.92 Å². The van der Waals surface area contributed by atoms with Gasteiger partial charge in [0, 0.05) is 13.2 Å². The predicted octanol–water partition coefficient (Wildman–Crippen LogP) is 2.88. The van der Waals surface area contributed by atoms with E-state index in [1.165, 1.54) is 43.4 Å². The van der Waals surface area contributed by atoms with E-state index >= 15 is 0 Å². The zero-order valence-corrected chi connectivity index (χ0v) is 15.2. The Hall–Kier alpha value is -1.26. The summed E-state index contributed by atoms with van der Waals surface area (Å²) < 4.78 is 11.9. The van der Waals surface area contributed by atoms with E-state index in [2.05, 4.69) is 16.3 Å². The average molecular weight is 342 g/mol. The van der Waals surface area contributed by atoms with Crippen molar-refractivity contribution in [3.05, 3.63) is 22.8 Å². The van der Waals surface area contributed by atoms with Crippen LogP contribution in [0.4, 0.5) is 5.69 Å². The fraction of sp³-hybridized carbons (Fsp3) is 0.714. The van der Waals surface area contributed by atoms with E-state index in [1.807, 2.05) is 0 Å². The van der Waals surface area contributed by atoms with Gasteiger partial charge in [-0.3, -0.25) is 0 Å². The Morgan fingerprint density at radius 3 is 2.88 bits per heavy atom. The highest BCUT2D eigenvalue weighted by Gasteiger charge is 2.36. The molecule has 1 unspecified atom stereocenters. The molecule has 3 heterocycles. The standard InChI is InChI=1S/C21H30N2O2/c1-2-15(14-24-10-1)13-23-9-11-25-19-12-17-5-7-22-8-6-18(17)20(21(19)23)16-3-4-16/h12,15-16,22H,1-11,13-14H2. The smallest absolute Gasteiger partial charge is 0.143 e. The summed E-state index contributed by atoms with van der Waals surface area (Å²) in [4.78, 5) is 2.64. The average Bonchev–Trinajstić information content (AvgIpc) is 3.48. The summed E-state index contributed by atoms with van der Waals surface area (Å²) in [6.45, 7) is 7.07. The van der Waals surface area contributed by atoms with Crippen LogP contribution in [-0.2, 0) is 17.6 Å². The Balaban J connectivity index is 1.53. The molecule has 4 heteroatoms. The zero-order chi connectivity index (χ0) is 16.6. The molecule has 4 nitrogen and oxygen atoms in total. The van der Waals surface area contributed by atoms with Crippen LogP contribution in [0.5, 0.6) is 5.75 Å². The Kier molecular flexibility index (Phi) is 4.34. The lowest BCUT2D eigenvalue weighted by atomic mass is 9.90. The maximum absolute atomic E-state index is 6.18. The van der Waals surface area contributed by atoms with E-state index in [4.69, 9.17) is 9.47 Å². The zero-order valence-electron chi connectivity index (χ0n) is 15.2. The Morgan fingerprint density at radius 2 is 2.04 bits per heavy atom. The molecule has 1 N–H and O–H groups in total. The molecule has 25 heavy (non-hydrogen) atoms. The van der Waals surface area contributed by atoms with Crippen LogP contribution in [0.15, 0.2) is 6.07 Å². The summed E-state index contributed by atoms with van der Waals surface area (Å²) in [7, 11) is 0. The van der Waals surface area contributed by atoms with Crippen molar-refractivity contribution >= 4 is 5.69 Å². The van der Waals surface area contributed by atoms with Crippen molar-refractivity contribution in [2.75, 3.05) is 50.9 Å². The van der Waals surface area contributed by atoms with E-state index < -0.39 is 0 Å². The SMILES string of the molecule is c1c2c(c(C3CC3)c3c1OCCN3CC1CCCOC1)CCNCC2. The van der Waals surface area contributed by atoms with Gasteiger partial charge in [-0.05, 0) is 86.2 Å². The van der Waals surface area contributed by atoms with Crippen LogP contribution in [0.1, 0.15) is 48.3 Å². The molecule has 0 spiro atoms. The molecule has 0 bridgehead atoms. The number of hydrogen-bond donors (Lipinski definition) is 1. The van der Waals surface area contributed by atoms with Gasteiger partial charge >= 0.3 is 0 Å². The molecule has 1 saturated carbocycles. The molecule has 4 aliphatic rings. The Labute approximate surface area is 150 Å². The number of ether oxygens (including phenoxy) is 2.